The summed E-state index contributed by atoms with van der Waals surface area (Å²) in [5, 5.41) is 0.564. The zero-order valence-corrected chi connectivity index (χ0v) is 7.24. The highest BCUT2D eigenvalue weighted by Gasteiger charge is 2.10. The van der Waals surface area contributed by atoms with Crippen LogP contribution in [0.1, 0.15) is 26.7 Å². The van der Waals surface area contributed by atoms with Gasteiger partial charge in [0.2, 0.25) is 0 Å². The summed E-state index contributed by atoms with van der Waals surface area (Å²) in [5.74, 6) is 0.289. The van der Waals surface area contributed by atoms with E-state index in [0.717, 1.165) is 0 Å². The van der Waals surface area contributed by atoms with E-state index in [2.05, 4.69) is 6.58 Å². The molecule has 0 N–H and O–H groups in total. The lowest BCUT2D eigenvalue weighted by molar-refractivity contribution is -0.121. The van der Waals surface area contributed by atoms with Crippen molar-refractivity contribution in [1.29, 1.82) is 0 Å². The minimum absolute atomic E-state index is 0.0370. The van der Waals surface area contributed by atoms with Gasteiger partial charge >= 0.3 is 0 Å². The van der Waals surface area contributed by atoms with E-state index in [0.29, 0.717) is 17.9 Å². The van der Waals surface area contributed by atoms with E-state index in [-0.39, 0.29) is 11.7 Å². The molecule has 0 saturated heterocycles. The first-order valence-corrected chi connectivity index (χ1v) is 3.81. The second-order valence-corrected chi connectivity index (χ2v) is 2.98. The Hall–Kier alpha value is -0.300. The summed E-state index contributed by atoms with van der Waals surface area (Å²) < 4.78 is 0. The largest absolute Gasteiger partial charge is 0.299 e. The van der Waals surface area contributed by atoms with Crippen molar-refractivity contribution in [2.24, 2.45) is 5.92 Å². The summed E-state index contributed by atoms with van der Waals surface area (Å²) >= 11 is 5.53. The van der Waals surface area contributed by atoms with Crippen molar-refractivity contribution in [3.8, 4) is 0 Å². The van der Waals surface area contributed by atoms with Gasteiger partial charge in [-0.1, -0.05) is 32.0 Å². The van der Waals surface area contributed by atoms with Crippen LogP contribution in [0.15, 0.2) is 11.6 Å². The van der Waals surface area contributed by atoms with Crippen LogP contribution in [0.2, 0.25) is 0 Å². The van der Waals surface area contributed by atoms with Crippen LogP contribution in [0.3, 0.4) is 0 Å². The summed E-state index contributed by atoms with van der Waals surface area (Å²) in [6.45, 7) is 7.26. The summed E-state index contributed by atoms with van der Waals surface area (Å²) in [4.78, 5) is 10.9. The summed E-state index contributed by atoms with van der Waals surface area (Å²) in [6.07, 6.45) is 1.19. The van der Waals surface area contributed by atoms with E-state index < -0.39 is 0 Å². The van der Waals surface area contributed by atoms with Gasteiger partial charge in [-0.05, 0) is 6.42 Å². The molecule has 58 valence electrons. The summed E-state index contributed by atoms with van der Waals surface area (Å²) in [5.41, 5.74) is 0. The molecule has 0 bridgehead atoms. The Kier molecular flexibility index (Phi) is 4.37. The lowest BCUT2D eigenvalue weighted by Gasteiger charge is -2.05. The monoisotopic (exact) mass is 160 g/mol. The van der Waals surface area contributed by atoms with E-state index in [4.69, 9.17) is 11.6 Å². The van der Waals surface area contributed by atoms with Crippen LogP contribution in [0.5, 0.6) is 0 Å². The van der Waals surface area contributed by atoms with E-state index in [1.165, 1.54) is 0 Å². The van der Waals surface area contributed by atoms with E-state index in [1.807, 2.05) is 13.8 Å². The fourth-order valence-electron chi connectivity index (χ4n) is 0.795. The van der Waals surface area contributed by atoms with Crippen LogP contribution >= 0.6 is 11.6 Å². The van der Waals surface area contributed by atoms with Crippen LogP contribution in [0, 0.1) is 5.92 Å². The van der Waals surface area contributed by atoms with Gasteiger partial charge in [-0.2, -0.15) is 0 Å². The molecule has 0 amide bonds. The van der Waals surface area contributed by atoms with E-state index in [1.54, 1.807) is 0 Å². The molecule has 1 nitrogen and oxygen atoms in total. The number of allylic oxidation sites excluding steroid dienone is 1. The molecule has 10 heavy (non-hydrogen) atoms. The fraction of sp³-hybridized carbons (Fsp3) is 0.625. The second-order valence-electron chi connectivity index (χ2n) is 2.44. The van der Waals surface area contributed by atoms with Crippen molar-refractivity contribution in [3.05, 3.63) is 11.6 Å². The summed E-state index contributed by atoms with van der Waals surface area (Å²) in [6, 6.07) is 0. The first kappa shape index (κ1) is 9.70. The van der Waals surface area contributed by atoms with E-state index in [9.17, 15) is 4.79 Å². The molecule has 0 radical (unpaired) electrons. The van der Waals surface area contributed by atoms with Crippen molar-refractivity contribution < 1.29 is 4.79 Å². The normalized spacial score (nSPS) is 12.7. The lowest BCUT2D eigenvalue weighted by atomic mass is 10.0. The third-order valence-corrected chi connectivity index (χ3v) is 1.58. The third-order valence-electron chi connectivity index (χ3n) is 1.43. The SMILES string of the molecule is C=C(Cl)CC(C)C(=O)CC. The predicted molar refractivity (Wildman–Crippen MR) is 44.1 cm³/mol. The molecule has 0 aliphatic rings. The van der Waals surface area contributed by atoms with Crippen molar-refractivity contribution in [1.82, 2.24) is 0 Å². The second kappa shape index (κ2) is 4.51. The van der Waals surface area contributed by atoms with Gasteiger partial charge in [0.05, 0.1) is 0 Å². The zero-order valence-electron chi connectivity index (χ0n) is 6.48. The Balaban J connectivity index is 3.72. The third kappa shape index (κ3) is 3.67. The number of hydrogen-bond donors (Lipinski definition) is 0. The number of Topliss-reactive ketones (excluding diaryl/α,β-unsaturated/α-hetero) is 1. The fourth-order valence-corrected chi connectivity index (χ4v) is 1.03. The van der Waals surface area contributed by atoms with Crippen molar-refractivity contribution >= 4 is 17.4 Å². The maximum absolute atomic E-state index is 10.9. The molecule has 0 aliphatic carbocycles. The molecule has 0 aromatic carbocycles. The first-order chi connectivity index (χ1) is 4.57. The van der Waals surface area contributed by atoms with E-state index >= 15 is 0 Å². The van der Waals surface area contributed by atoms with Crippen LogP contribution in [-0.2, 0) is 4.79 Å². The zero-order chi connectivity index (χ0) is 8.15. The van der Waals surface area contributed by atoms with Crippen LogP contribution in [0.4, 0.5) is 0 Å². The average Bonchev–Trinajstić information content (AvgIpc) is 1.85. The predicted octanol–water partition coefficient (Wildman–Crippen LogP) is 2.74. The Bertz CT molecular complexity index is 140. The Morgan fingerprint density at radius 1 is 1.70 bits per heavy atom. The molecule has 0 saturated carbocycles. The molecule has 0 rings (SSSR count). The van der Waals surface area contributed by atoms with Crippen molar-refractivity contribution in [2.45, 2.75) is 26.7 Å². The number of ketones is 1. The average molecular weight is 161 g/mol. The van der Waals surface area contributed by atoms with Crippen molar-refractivity contribution in [3.63, 3.8) is 0 Å². The molecule has 0 aromatic rings. The maximum atomic E-state index is 10.9. The number of rotatable bonds is 4. The highest BCUT2D eigenvalue weighted by molar-refractivity contribution is 6.29. The molecule has 0 aromatic heterocycles. The van der Waals surface area contributed by atoms with Gasteiger partial charge < -0.3 is 0 Å². The number of hydrogen-bond acceptors (Lipinski definition) is 1. The van der Waals surface area contributed by atoms with Gasteiger partial charge in [0.1, 0.15) is 5.78 Å². The van der Waals surface area contributed by atoms with Gasteiger partial charge in [-0.3, -0.25) is 4.79 Å². The molecular formula is C8H13ClO. The van der Waals surface area contributed by atoms with Crippen molar-refractivity contribution in [2.75, 3.05) is 0 Å². The minimum Gasteiger partial charge on any atom is -0.299 e. The van der Waals surface area contributed by atoms with Gasteiger partial charge in [-0.15, -0.1) is 0 Å². The van der Waals surface area contributed by atoms with Crippen LogP contribution in [-0.4, -0.2) is 5.78 Å². The van der Waals surface area contributed by atoms with Gasteiger partial charge in [-0.25, -0.2) is 0 Å². The van der Waals surface area contributed by atoms with Gasteiger partial charge in [0.25, 0.3) is 0 Å². The molecule has 0 heterocycles. The smallest absolute Gasteiger partial charge is 0.135 e. The highest BCUT2D eigenvalue weighted by atomic mass is 35.5. The minimum atomic E-state index is 0.0370. The maximum Gasteiger partial charge on any atom is 0.135 e. The Morgan fingerprint density at radius 3 is 2.50 bits per heavy atom. The molecule has 1 atom stereocenters. The Labute approximate surface area is 67.1 Å². The molecule has 0 aliphatic heterocycles. The molecule has 1 unspecified atom stereocenters. The van der Waals surface area contributed by atoms with Crippen LogP contribution in [0.25, 0.3) is 0 Å². The molecule has 2 heteroatoms. The quantitative estimate of drug-likeness (QED) is 0.618. The first-order valence-electron chi connectivity index (χ1n) is 3.44. The number of halogens is 1. The Morgan fingerprint density at radius 2 is 2.20 bits per heavy atom. The molecule has 0 fully saturated rings. The van der Waals surface area contributed by atoms with Crippen LogP contribution < -0.4 is 0 Å². The highest BCUT2D eigenvalue weighted by Crippen LogP contribution is 2.14. The summed E-state index contributed by atoms with van der Waals surface area (Å²) in [7, 11) is 0. The van der Waals surface area contributed by atoms with Gasteiger partial charge in [0, 0.05) is 17.4 Å². The number of carbonyl (C=O) groups excluding carboxylic acids is 1. The number of carbonyl (C=O) groups is 1. The lowest BCUT2D eigenvalue weighted by Crippen LogP contribution is -2.08. The standard InChI is InChI=1S/C8H13ClO/c1-4-8(10)6(2)5-7(3)9/h6H,3-5H2,1-2H3. The molecule has 0 spiro atoms. The topological polar surface area (TPSA) is 17.1 Å². The molecular weight excluding hydrogens is 148 g/mol. The van der Waals surface area contributed by atoms with Gasteiger partial charge in [0.15, 0.2) is 0 Å².